The first kappa shape index (κ1) is 27.7. The van der Waals surface area contributed by atoms with E-state index in [0.717, 1.165) is 35.3 Å². The third-order valence-corrected chi connectivity index (χ3v) is 7.00. The first-order chi connectivity index (χ1) is 15.9. The normalized spacial score (nSPS) is 13.2. The highest BCUT2D eigenvalue weighted by Gasteiger charge is 2.31. The first-order valence-corrected chi connectivity index (χ1v) is 12.3. The van der Waals surface area contributed by atoms with E-state index in [0.29, 0.717) is 0 Å². The molecule has 34 heavy (non-hydrogen) atoms. The molecule has 2 aromatic carbocycles. The smallest absolute Gasteiger partial charge is 0.246 e. The third kappa shape index (κ3) is 6.29. The van der Waals surface area contributed by atoms with Gasteiger partial charge < -0.3 is 14.7 Å². The van der Waals surface area contributed by atoms with Crippen molar-refractivity contribution in [2.75, 3.05) is 20.7 Å². The first-order valence-electron chi connectivity index (χ1n) is 12.3. The van der Waals surface area contributed by atoms with Gasteiger partial charge in [-0.3, -0.25) is 4.79 Å². The number of aliphatic hydroxyl groups is 1. The molecular formula is C30H43NO3. The molecule has 1 atom stereocenters. The second kappa shape index (κ2) is 11.2. The lowest BCUT2D eigenvalue weighted by Gasteiger charge is -2.34. The lowest BCUT2D eigenvalue weighted by molar-refractivity contribution is -0.123. The van der Waals surface area contributed by atoms with Crippen LogP contribution in [0.3, 0.4) is 0 Å². The topological polar surface area (TPSA) is 49.8 Å². The van der Waals surface area contributed by atoms with E-state index >= 15 is 0 Å². The van der Waals surface area contributed by atoms with Crippen LogP contribution in [0.25, 0.3) is 6.08 Å². The molecule has 0 aliphatic rings. The Kier molecular flexibility index (Phi) is 9.13. The zero-order valence-electron chi connectivity index (χ0n) is 22.5. The van der Waals surface area contributed by atoms with Crippen LogP contribution in [0, 0.1) is 19.3 Å². The van der Waals surface area contributed by atoms with Gasteiger partial charge in [-0.05, 0) is 72.1 Å². The molecule has 4 nitrogen and oxygen atoms in total. The molecule has 2 aromatic rings. The van der Waals surface area contributed by atoms with Crippen LogP contribution < -0.4 is 4.74 Å². The van der Waals surface area contributed by atoms with E-state index in [1.807, 2.05) is 32.9 Å². The summed E-state index contributed by atoms with van der Waals surface area (Å²) in [5.74, 6) is 0.795. The molecule has 0 aromatic heterocycles. The van der Waals surface area contributed by atoms with Crippen LogP contribution >= 0.6 is 0 Å². The largest absolute Gasteiger partial charge is 0.491 e. The maximum Gasteiger partial charge on any atom is 0.246 e. The van der Waals surface area contributed by atoms with Crippen LogP contribution in [0.5, 0.6) is 5.75 Å². The molecule has 186 valence electrons. The highest BCUT2D eigenvalue weighted by molar-refractivity contribution is 5.91. The van der Waals surface area contributed by atoms with Crippen LogP contribution in [-0.4, -0.2) is 42.7 Å². The fraction of sp³-hybridized carbons (Fsp3) is 0.500. The quantitative estimate of drug-likeness (QED) is 0.442. The number of likely N-dealkylation sites (N-methyl/N-ethyl adjacent to an activating group) is 1. The van der Waals surface area contributed by atoms with Gasteiger partial charge in [0, 0.05) is 25.6 Å². The van der Waals surface area contributed by atoms with Crippen molar-refractivity contribution in [3.8, 4) is 5.75 Å². The Bertz CT molecular complexity index is 1010. The Morgan fingerprint density at radius 3 is 2.03 bits per heavy atom. The maximum absolute atomic E-state index is 11.9. The van der Waals surface area contributed by atoms with Crippen LogP contribution in [0.15, 0.2) is 42.5 Å². The molecule has 0 aliphatic carbocycles. The van der Waals surface area contributed by atoms with Crippen LogP contribution in [0.4, 0.5) is 0 Å². The van der Waals surface area contributed by atoms with Crippen molar-refractivity contribution in [3.05, 3.63) is 70.3 Å². The second-order valence-corrected chi connectivity index (χ2v) is 10.6. The molecule has 2 rings (SSSR count). The average Bonchev–Trinajstić information content (AvgIpc) is 2.78. The summed E-state index contributed by atoms with van der Waals surface area (Å²) in [7, 11) is 3.51. The molecule has 0 bridgehead atoms. The predicted molar refractivity (Wildman–Crippen MR) is 142 cm³/mol. The average molecular weight is 466 g/mol. The summed E-state index contributed by atoms with van der Waals surface area (Å²) in [6.45, 7) is 15.0. The fourth-order valence-electron chi connectivity index (χ4n) is 4.23. The monoisotopic (exact) mass is 465 g/mol. The number of aliphatic hydroxyl groups excluding tert-OH is 1. The Morgan fingerprint density at radius 1 is 1.00 bits per heavy atom. The van der Waals surface area contributed by atoms with Gasteiger partial charge in [-0.1, -0.05) is 65.0 Å². The van der Waals surface area contributed by atoms with E-state index in [1.165, 1.54) is 11.1 Å². The zero-order valence-corrected chi connectivity index (χ0v) is 22.5. The number of carbonyl (C=O) groups is 1. The minimum absolute atomic E-state index is 0.0206. The molecular weight excluding hydrogens is 422 g/mol. The van der Waals surface area contributed by atoms with Crippen molar-refractivity contribution in [2.45, 2.75) is 72.8 Å². The molecule has 0 saturated heterocycles. The van der Waals surface area contributed by atoms with Gasteiger partial charge in [0.15, 0.2) is 0 Å². The number of hydrogen-bond acceptors (Lipinski definition) is 3. The van der Waals surface area contributed by atoms with Gasteiger partial charge in [0.05, 0.1) is 6.10 Å². The summed E-state index contributed by atoms with van der Waals surface area (Å²) in [6.07, 6.45) is 4.93. The lowest BCUT2D eigenvalue weighted by Crippen LogP contribution is -2.32. The van der Waals surface area contributed by atoms with Gasteiger partial charge in [0.1, 0.15) is 12.4 Å². The Labute approximate surface area is 206 Å². The van der Waals surface area contributed by atoms with Crippen molar-refractivity contribution < 1.29 is 14.6 Å². The SMILES string of the molecule is CCC(CC)(c1ccc(/C=C/C(=O)N(C)C)c(C)c1)c1ccc(OCC(O)C(C)(C)C)c(C)c1. The number of nitrogens with zero attached hydrogens (tertiary/aromatic N) is 1. The van der Waals surface area contributed by atoms with Crippen molar-refractivity contribution in [1.82, 2.24) is 4.90 Å². The minimum Gasteiger partial charge on any atom is -0.491 e. The standard InChI is InChI=1S/C30H43NO3/c1-10-30(11-2,24-14-12-23(21(3)18-24)13-17-28(33)31(8)9)25-15-16-26(22(4)19-25)34-20-27(32)29(5,6)7/h12-19,27,32H,10-11,20H2,1-9H3/b17-13+. The van der Waals surface area contributed by atoms with Gasteiger partial charge in [-0.2, -0.15) is 0 Å². The van der Waals surface area contributed by atoms with E-state index in [4.69, 9.17) is 4.74 Å². The predicted octanol–water partition coefficient (Wildman–Crippen LogP) is 6.30. The molecule has 0 spiro atoms. The van der Waals surface area contributed by atoms with E-state index in [1.54, 1.807) is 25.1 Å². The van der Waals surface area contributed by atoms with Gasteiger partial charge in [0.2, 0.25) is 5.91 Å². The molecule has 0 fully saturated rings. The fourth-order valence-corrected chi connectivity index (χ4v) is 4.23. The van der Waals surface area contributed by atoms with Crippen LogP contribution in [-0.2, 0) is 10.2 Å². The van der Waals surface area contributed by atoms with Crippen molar-refractivity contribution in [2.24, 2.45) is 5.41 Å². The lowest BCUT2D eigenvalue weighted by atomic mass is 9.70. The van der Waals surface area contributed by atoms with Crippen molar-refractivity contribution in [1.29, 1.82) is 0 Å². The summed E-state index contributed by atoms with van der Waals surface area (Å²) >= 11 is 0. The number of hydrogen-bond donors (Lipinski definition) is 1. The minimum atomic E-state index is -0.527. The molecule has 0 heterocycles. The van der Waals surface area contributed by atoms with Crippen LogP contribution in [0.1, 0.15) is 75.3 Å². The van der Waals surface area contributed by atoms with Gasteiger partial charge in [0.25, 0.3) is 0 Å². The Hall–Kier alpha value is -2.59. The molecule has 1 amide bonds. The molecule has 0 aliphatic heterocycles. The number of benzene rings is 2. The highest BCUT2D eigenvalue weighted by atomic mass is 16.5. The third-order valence-electron chi connectivity index (χ3n) is 7.00. The molecule has 1 N–H and O–H groups in total. The van der Waals surface area contributed by atoms with Gasteiger partial charge in [-0.15, -0.1) is 0 Å². The summed E-state index contributed by atoms with van der Waals surface area (Å²) in [4.78, 5) is 13.5. The summed E-state index contributed by atoms with van der Waals surface area (Å²) < 4.78 is 5.97. The Morgan fingerprint density at radius 2 is 1.56 bits per heavy atom. The van der Waals surface area contributed by atoms with Crippen molar-refractivity contribution >= 4 is 12.0 Å². The zero-order chi connectivity index (χ0) is 25.7. The molecule has 0 radical (unpaired) electrons. The van der Waals surface area contributed by atoms with E-state index in [2.05, 4.69) is 58.0 Å². The number of rotatable bonds is 9. The summed E-state index contributed by atoms with van der Waals surface area (Å²) in [6, 6.07) is 13.0. The summed E-state index contributed by atoms with van der Waals surface area (Å²) in [5, 5.41) is 10.3. The van der Waals surface area contributed by atoms with E-state index < -0.39 is 6.10 Å². The van der Waals surface area contributed by atoms with Crippen molar-refractivity contribution in [3.63, 3.8) is 0 Å². The number of carbonyl (C=O) groups excluding carboxylic acids is 1. The number of aryl methyl sites for hydroxylation is 2. The van der Waals surface area contributed by atoms with E-state index in [-0.39, 0.29) is 23.3 Å². The molecule has 4 heteroatoms. The van der Waals surface area contributed by atoms with Crippen LogP contribution in [0.2, 0.25) is 0 Å². The second-order valence-electron chi connectivity index (χ2n) is 10.6. The maximum atomic E-state index is 11.9. The molecule has 0 saturated carbocycles. The Balaban J connectivity index is 2.36. The van der Waals surface area contributed by atoms with Gasteiger partial charge in [-0.25, -0.2) is 0 Å². The number of amides is 1. The molecule has 1 unspecified atom stereocenters. The summed E-state index contributed by atoms with van der Waals surface area (Å²) in [5.41, 5.74) is 5.50. The number of ether oxygens (including phenoxy) is 1. The van der Waals surface area contributed by atoms with E-state index in [9.17, 15) is 9.90 Å². The van der Waals surface area contributed by atoms with Gasteiger partial charge >= 0.3 is 0 Å². The highest BCUT2D eigenvalue weighted by Crippen LogP contribution is 2.41.